The highest BCUT2D eigenvalue weighted by atomic mass is 35.5. The minimum absolute atomic E-state index is 0.00461. The number of benzene rings is 1. The van der Waals surface area contributed by atoms with Crippen LogP contribution in [-0.4, -0.2) is 81.8 Å². The van der Waals surface area contributed by atoms with Crippen LogP contribution >= 0.6 is 11.6 Å². The third-order valence-electron chi connectivity index (χ3n) is 6.94. The number of carbonyl (C=O) groups excluding carboxylic acids is 2. The van der Waals surface area contributed by atoms with E-state index in [1.807, 2.05) is 0 Å². The van der Waals surface area contributed by atoms with Gasteiger partial charge in [-0.05, 0) is 49.1 Å². The number of alkyl halides is 3. The maximum absolute atomic E-state index is 14.3. The summed E-state index contributed by atoms with van der Waals surface area (Å²) in [7, 11) is 4.14. The quantitative estimate of drug-likeness (QED) is 0.425. The fourth-order valence-corrected chi connectivity index (χ4v) is 5.05. The molecule has 1 fully saturated rings. The van der Waals surface area contributed by atoms with Crippen LogP contribution in [0.25, 0.3) is 5.78 Å². The zero-order valence-corrected chi connectivity index (χ0v) is 23.1. The molecule has 0 bridgehead atoms. The molecule has 4 rings (SSSR count). The molecule has 1 aliphatic heterocycles. The van der Waals surface area contributed by atoms with Crippen molar-refractivity contribution in [2.75, 3.05) is 39.6 Å². The van der Waals surface area contributed by atoms with Gasteiger partial charge in [0, 0.05) is 40.0 Å². The number of methoxy groups -OCH3 is 1. The molecule has 216 valence electrons. The highest BCUT2D eigenvalue weighted by molar-refractivity contribution is 6.28. The molecule has 40 heavy (non-hydrogen) atoms. The molecular formula is C25H30ClF3N8O3. The molecule has 3 heterocycles. The third-order valence-corrected chi connectivity index (χ3v) is 7.10. The summed E-state index contributed by atoms with van der Waals surface area (Å²) in [4.78, 5) is 35.6. The van der Waals surface area contributed by atoms with E-state index in [4.69, 9.17) is 16.3 Å². The minimum Gasteiger partial charge on any atom is -0.375 e. The number of amides is 3. The van der Waals surface area contributed by atoms with Gasteiger partial charge in [-0.15, -0.1) is 5.10 Å². The van der Waals surface area contributed by atoms with Gasteiger partial charge in [-0.1, -0.05) is 12.1 Å². The van der Waals surface area contributed by atoms with Gasteiger partial charge in [0.05, 0.1) is 29.6 Å². The van der Waals surface area contributed by atoms with E-state index in [0.717, 1.165) is 11.9 Å². The van der Waals surface area contributed by atoms with Crippen LogP contribution in [0.2, 0.25) is 5.28 Å². The number of nitrogens with zero attached hydrogens (tertiary/aromatic N) is 6. The number of fused-ring (bicyclic) bond motifs is 1. The number of rotatable bonds is 7. The Morgan fingerprint density at radius 3 is 2.58 bits per heavy atom. The van der Waals surface area contributed by atoms with Gasteiger partial charge in [0.2, 0.25) is 11.2 Å². The molecule has 1 aliphatic rings. The van der Waals surface area contributed by atoms with Crippen LogP contribution in [0.4, 0.5) is 29.3 Å². The Balaban J connectivity index is 1.57. The number of hydrogen-bond acceptors (Lipinski definition) is 7. The van der Waals surface area contributed by atoms with Gasteiger partial charge in [0.15, 0.2) is 6.04 Å². The second-order valence-electron chi connectivity index (χ2n) is 9.51. The number of aromatic nitrogens is 4. The molecule has 11 nitrogen and oxygen atoms in total. The molecule has 2 aromatic heterocycles. The second-order valence-corrected chi connectivity index (χ2v) is 9.85. The second kappa shape index (κ2) is 11.8. The van der Waals surface area contributed by atoms with Crippen molar-refractivity contribution >= 4 is 40.7 Å². The van der Waals surface area contributed by atoms with Gasteiger partial charge in [-0.3, -0.25) is 4.79 Å². The number of urea groups is 1. The number of hydrogen-bond donors (Lipinski definition) is 2. The molecule has 0 saturated carbocycles. The lowest BCUT2D eigenvalue weighted by Gasteiger charge is -2.37. The molecule has 0 spiro atoms. The van der Waals surface area contributed by atoms with Gasteiger partial charge >= 0.3 is 12.2 Å². The first-order chi connectivity index (χ1) is 18.9. The van der Waals surface area contributed by atoms with E-state index in [2.05, 4.69) is 25.7 Å². The number of piperidine rings is 1. The average Bonchev–Trinajstić information content (AvgIpc) is 3.32. The largest absolute Gasteiger partial charge is 0.413 e. The molecule has 2 N–H and O–H groups in total. The van der Waals surface area contributed by atoms with Crippen molar-refractivity contribution in [3.05, 3.63) is 47.0 Å². The summed E-state index contributed by atoms with van der Waals surface area (Å²) in [5.74, 6) is -1.13. The monoisotopic (exact) mass is 582 g/mol. The zero-order valence-electron chi connectivity index (χ0n) is 22.4. The van der Waals surface area contributed by atoms with E-state index in [1.54, 1.807) is 6.92 Å². The van der Waals surface area contributed by atoms with E-state index in [0.29, 0.717) is 36.5 Å². The van der Waals surface area contributed by atoms with Gasteiger partial charge in [-0.2, -0.15) is 22.7 Å². The maximum atomic E-state index is 14.3. The molecule has 1 saturated heterocycles. The lowest BCUT2D eigenvalue weighted by atomic mass is 9.95. The summed E-state index contributed by atoms with van der Waals surface area (Å²) >= 11 is 5.94. The van der Waals surface area contributed by atoms with E-state index >= 15 is 0 Å². The number of anilines is 2. The lowest BCUT2D eigenvalue weighted by Crippen LogP contribution is -2.50. The van der Waals surface area contributed by atoms with Crippen molar-refractivity contribution in [1.82, 2.24) is 34.7 Å². The van der Waals surface area contributed by atoms with Gasteiger partial charge in [-0.25, -0.2) is 9.78 Å². The Labute approximate surface area is 233 Å². The van der Waals surface area contributed by atoms with Crippen LogP contribution in [0.15, 0.2) is 30.5 Å². The average molecular weight is 583 g/mol. The van der Waals surface area contributed by atoms with Crippen molar-refractivity contribution in [3.63, 3.8) is 0 Å². The number of halogens is 4. The zero-order chi connectivity index (χ0) is 29.2. The molecule has 1 aromatic carbocycles. The first kappa shape index (κ1) is 29.3. The number of nitrogens with one attached hydrogen (secondary N) is 2. The number of ether oxygens (including phenoxy) is 1. The third kappa shape index (κ3) is 6.07. The van der Waals surface area contributed by atoms with E-state index in [1.165, 1.54) is 54.0 Å². The Hall–Kier alpha value is -3.65. The van der Waals surface area contributed by atoms with Crippen LogP contribution < -0.4 is 10.6 Å². The summed E-state index contributed by atoms with van der Waals surface area (Å²) in [6, 6.07) is 3.09. The molecular weight excluding hydrogens is 553 g/mol. The highest BCUT2D eigenvalue weighted by Gasteiger charge is 2.46. The predicted molar refractivity (Wildman–Crippen MR) is 141 cm³/mol. The number of likely N-dealkylation sites (tertiary alicyclic amines) is 1. The normalized spacial score (nSPS) is 17.4. The van der Waals surface area contributed by atoms with Crippen molar-refractivity contribution in [2.45, 2.75) is 38.1 Å². The number of carbonyl (C=O) groups is 2. The fraction of sp³-hybridized carbons (Fsp3) is 0.480. The van der Waals surface area contributed by atoms with E-state index < -0.39 is 30.1 Å². The fourth-order valence-electron chi connectivity index (χ4n) is 4.90. The predicted octanol–water partition coefficient (Wildman–Crippen LogP) is 4.34. The Kier molecular flexibility index (Phi) is 8.68. The lowest BCUT2D eigenvalue weighted by molar-refractivity contribution is -0.191. The molecule has 3 atom stereocenters. The topological polar surface area (TPSA) is 117 Å². The Bertz CT molecular complexity index is 1370. The van der Waals surface area contributed by atoms with Crippen LogP contribution in [0.3, 0.4) is 0 Å². The van der Waals surface area contributed by atoms with Crippen molar-refractivity contribution < 1.29 is 27.5 Å². The van der Waals surface area contributed by atoms with Crippen molar-refractivity contribution in [3.8, 4) is 0 Å². The smallest absolute Gasteiger partial charge is 0.375 e. The molecule has 0 radical (unpaired) electrons. The van der Waals surface area contributed by atoms with Crippen LogP contribution in [0.1, 0.15) is 43.2 Å². The summed E-state index contributed by atoms with van der Waals surface area (Å²) in [5, 5.41) is 9.78. The molecule has 0 aliphatic carbocycles. The van der Waals surface area contributed by atoms with E-state index in [9.17, 15) is 22.8 Å². The summed E-state index contributed by atoms with van der Waals surface area (Å²) < 4.78 is 49.8. The van der Waals surface area contributed by atoms with Crippen molar-refractivity contribution in [2.24, 2.45) is 5.92 Å². The summed E-state index contributed by atoms with van der Waals surface area (Å²) in [6.45, 7) is 2.30. The Morgan fingerprint density at radius 1 is 1.25 bits per heavy atom. The summed E-state index contributed by atoms with van der Waals surface area (Å²) in [5.41, 5.74) is 1.43. The van der Waals surface area contributed by atoms with Crippen LogP contribution in [-0.2, 0) is 9.53 Å². The standard InChI is InChI=1S/C25H30ClF3N8O3/c1-14(40-4)19-18(12-31-23-33-22(26)34-37(19)23)32-17-9-7-15(8-10-17)20(25(27,28)29)35(3)21(38)16-6-5-11-36(13-16)24(39)30-2/h7-10,12,14,16,20,32H,5-6,11,13H2,1-4H3,(H,30,39)/t14-,16?,20-/m0/s1. The maximum Gasteiger partial charge on any atom is 0.413 e. The molecule has 15 heteroatoms. The van der Waals surface area contributed by atoms with Crippen LogP contribution in [0.5, 0.6) is 0 Å². The Morgan fingerprint density at radius 2 is 1.95 bits per heavy atom. The van der Waals surface area contributed by atoms with E-state index in [-0.39, 0.29) is 29.2 Å². The SMILES string of the molecule is CNC(=O)N1CCCC(C(=O)N(C)[C@@H](c2ccc(Nc3cnc4nc(Cl)nn4c3[C@H](C)OC)cc2)C(F)(F)F)C1. The molecule has 3 aromatic rings. The first-order valence-electron chi connectivity index (χ1n) is 12.6. The molecule has 3 amide bonds. The van der Waals surface area contributed by atoms with Crippen molar-refractivity contribution in [1.29, 1.82) is 0 Å². The summed E-state index contributed by atoms with van der Waals surface area (Å²) in [6.07, 6.45) is -2.73. The minimum atomic E-state index is -4.73. The van der Waals surface area contributed by atoms with Gasteiger partial charge in [0.25, 0.3) is 5.78 Å². The van der Waals surface area contributed by atoms with Gasteiger partial charge < -0.3 is 25.2 Å². The first-order valence-corrected chi connectivity index (χ1v) is 12.9. The van der Waals surface area contributed by atoms with Gasteiger partial charge in [0.1, 0.15) is 0 Å². The van der Waals surface area contributed by atoms with Crippen LogP contribution in [0, 0.1) is 5.92 Å². The highest BCUT2D eigenvalue weighted by Crippen LogP contribution is 2.39. The molecule has 1 unspecified atom stereocenters.